The number of anilines is 1. The van der Waals surface area contributed by atoms with Crippen LogP contribution in [0.15, 0.2) is 48.5 Å². The van der Waals surface area contributed by atoms with Gasteiger partial charge in [0.15, 0.2) is 5.11 Å². The molecule has 0 heterocycles. The number of benzene rings is 2. The highest BCUT2D eigenvalue weighted by atomic mass is 127. The molecule has 4 nitrogen and oxygen atoms in total. The molecule has 0 aromatic heterocycles. The summed E-state index contributed by atoms with van der Waals surface area (Å²) in [6.45, 7) is 1.99. The minimum atomic E-state index is -1.81. The summed E-state index contributed by atoms with van der Waals surface area (Å²) in [5.41, 5.74) is 2.35. The summed E-state index contributed by atoms with van der Waals surface area (Å²) in [6, 6.07) is 14.6. The molecule has 0 bridgehead atoms. The van der Waals surface area contributed by atoms with Crippen LogP contribution < -0.4 is 16.0 Å². The Morgan fingerprint density at radius 1 is 1.04 bits per heavy atom. The summed E-state index contributed by atoms with van der Waals surface area (Å²) < 4.78 is -0.795. The number of rotatable bonds is 4. The lowest BCUT2D eigenvalue weighted by Crippen LogP contribution is -2.56. The van der Waals surface area contributed by atoms with Crippen LogP contribution in [0.4, 0.5) is 5.69 Å². The molecule has 0 saturated carbocycles. The van der Waals surface area contributed by atoms with Crippen LogP contribution in [0, 0.1) is 10.5 Å². The van der Waals surface area contributed by atoms with E-state index in [2.05, 4.69) is 38.5 Å². The maximum atomic E-state index is 12.4. The summed E-state index contributed by atoms with van der Waals surface area (Å²) >= 11 is 25.4. The van der Waals surface area contributed by atoms with E-state index < -0.39 is 9.96 Å². The van der Waals surface area contributed by atoms with Gasteiger partial charge in [0.2, 0.25) is 3.79 Å². The first-order valence-electron chi connectivity index (χ1n) is 7.42. The molecule has 26 heavy (non-hydrogen) atoms. The van der Waals surface area contributed by atoms with E-state index in [1.807, 2.05) is 43.3 Å². The quantitative estimate of drug-likeness (QED) is 0.220. The molecular formula is C17H15Cl3IN3OS. The number of alkyl halides is 3. The lowest BCUT2D eigenvalue weighted by molar-refractivity contribution is 0.0934. The van der Waals surface area contributed by atoms with Gasteiger partial charge in [-0.25, -0.2) is 0 Å². The van der Waals surface area contributed by atoms with Crippen LogP contribution in [0.2, 0.25) is 0 Å². The normalized spacial score (nSPS) is 12.2. The third-order valence-corrected chi connectivity index (χ3v) is 4.89. The SMILES string of the molecule is Cc1ccc(NC(=S)N[C@@H](NC(=O)c2ccc(I)cc2)C(Cl)(Cl)Cl)cc1. The number of aryl methyl sites for hydroxylation is 1. The average Bonchev–Trinajstić information content (AvgIpc) is 2.56. The van der Waals surface area contributed by atoms with Gasteiger partial charge in [-0.3, -0.25) is 4.79 Å². The van der Waals surface area contributed by atoms with Gasteiger partial charge in [0.25, 0.3) is 5.91 Å². The zero-order valence-corrected chi connectivity index (χ0v) is 18.8. The Morgan fingerprint density at radius 3 is 2.15 bits per heavy atom. The van der Waals surface area contributed by atoms with Gasteiger partial charge in [0.05, 0.1) is 0 Å². The Morgan fingerprint density at radius 2 is 1.62 bits per heavy atom. The number of hydrogen-bond acceptors (Lipinski definition) is 2. The first-order valence-corrected chi connectivity index (χ1v) is 10.0. The fourth-order valence-electron chi connectivity index (χ4n) is 1.95. The predicted molar refractivity (Wildman–Crippen MR) is 121 cm³/mol. The lowest BCUT2D eigenvalue weighted by Gasteiger charge is -2.27. The zero-order valence-electron chi connectivity index (χ0n) is 13.5. The monoisotopic (exact) mass is 541 g/mol. The van der Waals surface area contributed by atoms with E-state index in [0.717, 1.165) is 14.8 Å². The van der Waals surface area contributed by atoms with Gasteiger partial charge in [0, 0.05) is 14.8 Å². The van der Waals surface area contributed by atoms with E-state index in [9.17, 15) is 4.79 Å². The summed E-state index contributed by atoms with van der Waals surface area (Å²) in [5.74, 6) is -0.386. The highest BCUT2D eigenvalue weighted by Gasteiger charge is 2.34. The molecule has 3 N–H and O–H groups in total. The van der Waals surface area contributed by atoms with Crippen LogP contribution in [0.25, 0.3) is 0 Å². The molecule has 9 heteroatoms. The molecule has 0 radical (unpaired) electrons. The van der Waals surface area contributed by atoms with Gasteiger partial charge in [-0.2, -0.15) is 0 Å². The van der Waals surface area contributed by atoms with Gasteiger partial charge >= 0.3 is 0 Å². The van der Waals surface area contributed by atoms with Gasteiger partial charge in [-0.15, -0.1) is 0 Å². The molecule has 2 aromatic carbocycles. The molecule has 1 atom stereocenters. The predicted octanol–water partition coefficient (Wildman–Crippen LogP) is 5.01. The molecule has 0 unspecified atom stereocenters. The molecule has 0 aliphatic heterocycles. The molecular weight excluding hydrogens is 528 g/mol. The summed E-state index contributed by atoms with van der Waals surface area (Å²) in [6.07, 6.45) is -1.02. The van der Waals surface area contributed by atoms with Crippen LogP contribution in [0.3, 0.4) is 0 Å². The average molecular weight is 543 g/mol. The fourth-order valence-corrected chi connectivity index (χ4v) is 2.87. The Kier molecular flexibility index (Phi) is 7.78. The third-order valence-electron chi connectivity index (χ3n) is 3.29. The molecule has 0 spiro atoms. The molecule has 0 fully saturated rings. The number of amides is 1. The van der Waals surface area contributed by atoms with Crippen molar-refractivity contribution < 1.29 is 4.79 Å². The Balaban J connectivity index is 2.04. The first kappa shape index (κ1) is 21.5. The van der Waals surface area contributed by atoms with Crippen molar-refractivity contribution in [1.29, 1.82) is 0 Å². The van der Waals surface area contributed by atoms with E-state index in [1.54, 1.807) is 12.1 Å². The highest BCUT2D eigenvalue weighted by Crippen LogP contribution is 2.29. The van der Waals surface area contributed by atoms with Crippen molar-refractivity contribution in [3.8, 4) is 0 Å². The zero-order chi connectivity index (χ0) is 19.3. The van der Waals surface area contributed by atoms with E-state index in [-0.39, 0.29) is 11.0 Å². The van der Waals surface area contributed by atoms with E-state index in [1.165, 1.54) is 0 Å². The largest absolute Gasteiger partial charge is 0.339 e. The van der Waals surface area contributed by atoms with Gasteiger partial charge in [-0.1, -0.05) is 52.5 Å². The molecule has 0 saturated heterocycles. The van der Waals surface area contributed by atoms with E-state index in [4.69, 9.17) is 47.0 Å². The van der Waals surface area contributed by atoms with Gasteiger partial charge in [0.1, 0.15) is 6.17 Å². The molecule has 138 valence electrons. The number of nitrogens with one attached hydrogen (secondary N) is 3. The number of halogens is 4. The summed E-state index contributed by atoms with van der Waals surface area (Å²) in [7, 11) is 0. The van der Waals surface area contributed by atoms with Gasteiger partial charge in [-0.05, 0) is 78.1 Å². The van der Waals surface area contributed by atoms with Crippen molar-refractivity contribution in [2.45, 2.75) is 16.9 Å². The Bertz CT molecular complexity index is 779. The lowest BCUT2D eigenvalue weighted by atomic mass is 10.2. The van der Waals surface area contributed by atoms with Crippen LogP contribution in [-0.2, 0) is 0 Å². The second kappa shape index (κ2) is 9.41. The molecule has 0 aliphatic carbocycles. The fraction of sp³-hybridized carbons (Fsp3) is 0.176. The van der Waals surface area contributed by atoms with E-state index in [0.29, 0.717) is 5.56 Å². The van der Waals surface area contributed by atoms with Crippen molar-refractivity contribution in [3.05, 3.63) is 63.2 Å². The minimum absolute atomic E-state index is 0.216. The van der Waals surface area contributed by atoms with Crippen LogP contribution in [-0.4, -0.2) is 21.0 Å². The molecule has 2 aromatic rings. The van der Waals surface area contributed by atoms with Crippen LogP contribution in [0.5, 0.6) is 0 Å². The van der Waals surface area contributed by atoms with Crippen molar-refractivity contribution in [2.75, 3.05) is 5.32 Å². The van der Waals surface area contributed by atoms with Gasteiger partial charge < -0.3 is 16.0 Å². The molecule has 0 aliphatic rings. The second-order valence-corrected chi connectivity index (χ2v) is 9.44. The molecule has 1 amide bonds. The van der Waals surface area contributed by atoms with Crippen molar-refractivity contribution in [3.63, 3.8) is 0 Å². The smallest absolute Gasteiger partial charge is 0.252 e. The number of thiocarbonyl (C=S) groups is 1. The third kappa shape index (κ3) is 6.74. The topological polar surface area (TPSA) is 53.2 Å². The van der Waals surface area contributed by atoms with Crippen molar-refractivity contribution >= 4 is 86.3 Å². The summed E-state index contributed by atoms with van der Waals surface area (Å²) in [4.78, 5) is 12.4. The second-order valence-electron chi connectivity index (χ2n) is 5.42. The minimum Gasteiger partial charge on any atom is -0.339 e. The molecule has 2 rings (SSSR count). The number of hydrogen-bond donors (Lipinski definition) is 3. The maximum Gasteiger partial charge on any atom is 0.252 e. The van der Waals surface area contributed by atoms with Crippen molar-refractivity contribution in [2.24, 2.45) is 0 Å². The highest BCUT2D eigenvalue weighted by molar-refractivity contribution is 14.1. The Hall–Kier alpha value is -0.800. The number of carbonyl (C=O) groups excluding carboxylic acids is 1. The van der Waals surface area contributed by atoms with E-state index >= 15 is 0 Å². The van der Waals surface area contributed by atoms with Crippen molar-refractivity contribution in [1.82, 2.24) is 10.6 Å². The Labute approximate surface area is 186 Å². The summed E-state index contributed by atoms with van der Waals surface area (Å²) in [5, 5.41) is 8.67. The van der Waals surface area contributed by atoms with Crippen LogP contribution in [0.1, 0.15) is 15.9 Å². The maximum absolute atomic E-state index is 12.4. The standard InChI is InChI=1S/C17H15Cl3IN3OS/c1-10-2-8-13(9-3-10)22-16(26)24-15(17(18,19)20)23-14(25)11-4-6-12(21)7-5-11/h2-9,15H,1H3,(H,23,25)(H2,22,24,26)/t15-/m1/s1. The van der Waals surface area contributed by atoms with Crippen LogP contribution >= 0.6 is 69.6 Å². The number of carbonyl (C=O) groups is 1. The first-order chi connectivity index (χ1) is 12.1.